The summed E-state index contributed by atoms with van der Waals surface area (Å²) >= 11 is 0. The summed E-state index contributed by atoms with van der Waals surface area (Å²) in [5.41, 5.74) is 0.572. The topological polar surface area (TPSA) is 37.3 Å². The summed E-state index contributed by atoms with van der Waals surface area (Å²) in [5, 5.41) is 8.78. The number of hydrogen-bond acceptors (Lipinski definition) is 1. The number of carbonyl (C=O) groups is 1. The molecule has 1 N–H and O–H groups in total. The van der Waals surface area contributed by atoms with E-state index in [0.29, 0.717) is 11.3 Å². The highest BCUT2D eigenvalue weighted by Gasteiger charge is 2.71. The van der Waals surface area contributed by atoms with Crippen LogP contribution in [0.3, 0.4) is 0 Å². The van der Waals surface area contributed by atoms with Gasteiger partial charge in [-0.1, -0.05) is 0 Å². The lowest BCUT2D eigenvalue weighted by Gasteiger charge is -2.73. The lowest BCUT2D eigenvalue weighted by Crippen LogP contribution is -2.68. The number of carboxylic acids is 1. The Morgan fingerprint density at radius 3 is 2.64 bits per heavy atom. The maximum atomic E-state index is 10.6. The SMILES string of the molecule is O=C(O)C1C[C@]23CC[C@H]2C[C@H]13. The first-order valence-electron chi connectivity index (χ1n) is 4.47. The molecule has 3 aliphatic carbocycles. The molecule has 0 aromatic rings. The zero-order chi connectivity index (χ0) is 7.64. The first-order valence-corrected chi connectivity index (χ1v) is 4.47. The van der Waals surface area contributed by atoms with Gasteiger partial charge in [-0.05, 0) is 42.9 Å². The van der Waals surface area contributed by atoms with Gasteiger partial charge in [0.1, 0.15) is 0 Å². The predicted molar refractivity (Wildman–Crippen MR) is 39.0 cm³/mol. The van der Waals surface area contributed by atoms with Crippen LogP contribution in [0.5, 0.6) is 0 Å². The summed E-state index contributed by atoms with van der Waals surface area (Å²) in [6.07, 6.45) is 4.92. The molecule has 0 bridgehead atoms. The molecular formula is C9H12O2. The van der Waals surface area contributed by atoms with Gasteiger partial charge in [-0.15, -0.1) is 0 Å². The van der Waals surface area contributed by atoms with Crippen LogP contribution in [-0.4, -0.2) is 11.1 Å². The average molecular weight is 152 g/mol. The summed E-state index contributed by atoms with van der Waals surface area (Å²) in [7, 11) is 0. The van der Waals surface area contributed by atoms with Gasteiger partial charge in [-0.2, -0.15) is 0 Å². The van der Waals surface area contributed by atoms with Crippen LogP contribution in [0, 0.1) is 23.2 Å². The molecule has 4 atom stereocenters. The number of carboxylic acid groups (broad SMARTS) is 1. The van der Waals surface area contributed by atoms with E-state index >= 15 is 0 Å². The molecule has 3 aliphatic rings. The molecule has 0 amide bonds. The Morgan fingerprint density at radius 2 is 2.36 bits per heavy atom. The minimum Gasteiger partial charge on any atom is -0.481 e. The molecule has 0 saturated heterocycles. The van der Waals surface area contributed by atoms with E-state index in [2.05, 4.69) is 0 Å². The van der Waals surface area contributed by atoms with Crippen molar-refractivity contribution in [2.24, 2.45) is 23.2 Å². The summed E-state index contributed by atoms with van der Waals surface area (Å²) < 4.78 is 0. The van der Waals surface area contributed by atoms with E-state index in [1.165, 1.54) is 19.3 Å². The molecule has 3 saturated carbocycles. The van der Waals surface area contributed by atoms with Gasteiger partial charge in [-0.25, -0.2) is 0 Å². The van der Waals surface area contributed by atoms with Crippen LogP contribution < -0.4 is 0 Å². The van der Waals surface area contributed by atoms with Crippen LogP contribution in [0.1, 0.15) is 25.7 Å². The first-order chi connectivity index (χ1) is 5.24. The van der Waals surface area contributed by atoms with Crippen molar-refractivity contribution in [3.8, 4) is 0 Å². The Kier molecular flexibility index (Phi) is 0.809. The van der Waals surface area contributed by atoms with Crippen molar-refractivity contribution in [1.82, 2.24) is 0 Å². The predicted octanol–water partition coefficient (Wildman–Crippen LogP) is 1.51. The molecule has 0 aromatic carbocycles. The third-order valence-corrected chi connectivity index (χ3v) is 4.45. The normalized spacial score (nSPS) is 57.6. The van der Waals surface area contributed by atoms with Crippen LogP contribution in [0.25, 0.3) is 0 Å². The molecule has 1 unspecified atom stereocenters. The molecule has 2 nitrogen and oxygen atoms in total. The molecule has 60 valence electrons. The van der Waals surface area contributed by atoms with Crippen molar-refractivity contribution in [3.05, 3.63) is 0 Å². The van der Waals surface area contributed by atoms with E-state index in [1.807, 2.05) is 0 Å². The minimum absolute atomic E-state index is 0.0338. The summed E-state index contributed by atoms with van der Waals surface area (Å²) in [5.74, 6) is 0.999. The summed E-state index contributed by atoms with van der Waals surface area (Å²) in [6.45, 7) is 0. The fourth-order valence-corrected chi connectivity index (χ4v) is 3.58. The zero-order valence-electron chi connectivity index (χ0n) is 6.42. The average Bonchev–Trinajstić information content (AvgIpc) is 1.83. The van der Waals surface area contributed by atoms with Crippen LogP contribution >= 0.6 is 0 Å². The highest BCUT2D eigenvalue weighted by atomic mass is 16.4. The van der Waals surface area contributed by atoms with E-state index in [0.717, 1.165) is 12.3 Å². The molecule has 3 rings (SSSR count). The second-order valence-corrected chi connectivity index (χ2v) is 4.46. The largest absolute Gasteiger partial charge is 0.481 e. The lowest BCUT2D eigenvalue weighted by atomic mass is 9.30. The van der Waals surface area contributed by atoms with Crippen molar-refractivity contribution < 1.29 is 9.90 Å². The molecular weight excluding hydrogens is 140 g/mol. The van der Waals surface area contributed by atoms with Gasteiger partial charge in [0.2, 0.25) is 0 Å². The summed E-state index contributed by atoms with van der Waals surface area (Å²) in [4.78, 5) is 10.6. The van der Waals surface area contributed by atoms with Crippen LogP contribution in [0.2, 0.25) is 0 Å². The molecule has 11 heavy (non-hydrogen) atoms. The van der Waals surface area contributed by atoms with E-state index in [-0.39, 0.29) is 5.92 Å². The quantitative estimate of drug-likeness (QED) is 0.618. The highest BCUT2D eigenvalue weighted by molar-refractivity contribution is 5.72. The van der Waals surface area contributed by atoms with E-state index in [4.69, 9.17) is 5.11 Å². The monoisotopic (exact) mass is 152 g/mol. The maximum Gasteiger partial charge on any atom is 0.306 e. The molecule has 0 heterocycles. The Bertz CT molecular complexity index is 236. The van der Waals surface area contributed by atoms with Gasteiger partial charge in [0.25, 0.3) is 0 Å². The fraction of sp³-hybridized carbons (Fsp3) is 0.889. The Hall–Kier alpha value is -0.530. The number of rotatable bonds is 1. The minimum atomic E-state index is -0.550. The van der Waals surface area contributed by atoms with Crippen molar-refractivity contribution in [2.75, 3.05) is 0 Å². The zero-order valence-corrected chi connectivity index (χ0v) is 6.42. The second-order valence-electron chi connectivity index (χ2n) is 4.46. The van der Waals surface area contributed by atoms with E-state index < -0.39 is 5.97 Å². The standard InChI is InChI=1S/C9H12O2/c10-8(11)6-4-9-2-1-5(9)3-7(6)9/h5-7H,1-4H2,(H,10,11)/t5-,6?,7+,9+/m0/s1. The molecule has 2 heteroatoms. The van der Waals surface area contributed by atoms with Crippen LogP contribution in [0.15, 0.2) is 0 Å². The summed E-state index contributed by atoms with van der Waals surface area (Å²) in [6, 6.07) is 0. The van der Waals surface area contributed by atoms with E-state index in [9.17, 15) is 4.79 Å². The number of aliphatic carboxylic acids is 1. The second kappa shape index (κ2) is 1.47. The van der Waals surface area contributed by atoms with Gasteiger partial charge >= 0.3 is 5.97 Å². The first kappa shape index (κ1) is 6.04. The van der Waals surface area contributed by atoms with Crippen LogP contribution in [0.4, 0.5) is 0 Å². The van der Waals surface area contributed by atoms with E-state index in [1.54, 1.807) is 0 Å². The lowest BCUT2D eigenvalue weighted by molar-refractivity contribution is -0.254. The van der Waals surface area contributed by atoms with Crippen molar-refractivity contribution in [2.45, 2.75) is 25.7 Å². The van der Waals surface area contributed by atoms with Crippen LogP contribution in [-0.2, 0) is 4.79 Å². The third kappa shape index (κ3) is 0.445. The smallest absolute Gasteiger partial charge is 0.306 e. The van der Waals surface area contributed by atoms with Crippen molar-refractivity contribution in [3.63, 3.8) is 0 Å². The van der Waals surface area contributed by atoms with Crippen molar-refractivity contribution in [1.29, 1.82) is 0 Å². The maximum absolute atomic E-state index is 10.6. The van der Waals surface area contributed by atoms with Gasteiger partial charge in [0, 0.05) is 0 Å². The highest BCUT2D eigenvalue weighted by Crippen LogP contribution is 2.76. The molecule has 0 aromatic heterocycles. The Labute approximate surface area is 65.6 Å². The van der Waals surface area contributed by atoms with Gasteiger partial charge in [0.15, 0.2) is 0 Å². The third-order valence-electron chi connectivity index (χ3n) is 4.45. The van der Waals surface area contributed by atoms with Gasteiger partial charge in [0.05, 0.1) is 5.92 Å². The number of hydrogen-bond donors (Lipinski definition) is 1. The molecule has 0 aliphatic heterocycles. The van der Waals surface area contributed by atoms with Gasteiger partial charge in [-0.3, -0.25) is 4.79 Å². The Balaban J connectivity index is 1.78. The van der Waals surface area contributed by atoms with Gasteiger partial charge < -0.3 is 5.11 Å². The van der Waals surface area contributed by atoms with Crippen molar-refractivity contribution >= 4 is 5.97 Å². The molecule has 3 fully saturated rings. The fourth-order valence-electron chi connectivity index (χ4n) is 3.58. The molecule has 1 spiro atoms. The molecule has 0 radical (unpaired) electrons. The Morgan fingerprint density at radius 1 is 1.55 bits per heavy atom.